The second-order valence-corrected chi connectivity index (χ2v) is 7.78. The summed E-state index contributed by atoms with van der Waals surface area (Å²) < 4.78 is 0. The molecule has 142 valence electrons. The lowest BCUT2D eigenvalue weighted by molar-refractivity contribution is -0.116. The molecule has 0 saturated carbocycles. The van der Waals surface area contributed by atoms with Crippen LogP contribution in [0.3, 0.4) is 0 Å². The minimum Gasteiger partial charge on any atom is -0.301 e. The van der Waals surface area contributed by atoms with E-state index in [9.17, 15) is 14.4 Å². The van der Waals surface area contributed by atoms with Crippen molar-refractivity contribution >= 4 is 34.2 Å². The van der Waals surface area contributed by atoms with Gasteiger partial charge in [0.25, 0.3) is 11.8 Å². The highest BCUT2D eigenvalue weighted by Crippen LogP contribution is 2.24. The Morgan fingerprint density at radius 2 is 1.74 bits per heavy atom. The number of hydrogen-bond acceptors (Lipinski definition) is 6. The molecule has 2 heterocycles. The van der Waals surface area contributed by atoms with Gasteiger partial charge in [0.05, 0.1) is 11.1 Å². The van der Waals surface area contributed by atoms with E-state index < -0.39 is 0 Å². The summed E-state index contributed by atoms with van der Waals surface area (Å²) in [7, 11) is 0. The maximum absolute atomic E-state index is 12.3. The Kier molecular flexibility index (Phi) is 5.95. The van der Waals surface area contributed by atoms with Gasteiger partial charge in [-0.1, -0.05) is 43.7 Å². The van der Waals surface area contributed by atoms with Gasteiger partial charge in [-0.15, -0.1) is 10.2 Å². The molecule has 2 aromatic rings. The van der Waals surface area contributed by atoms with Crippen LogP contribution in [0.15, 0.2) is 24.3 Å². The van der Waals surface area contributed by atoms with E-state index >= 15 is 0 Å². The highest BCUT2D eigenvalue weighted by atomic mass is 32.1. The third-order valence-corrected chi connectivity index (χ3v) is 5.48. The maximum atomic E-state index is 12.3. The van der Waals surface area contributed by atoms with Crippen molar-refractivity contribution < 1.29 is 14.4 Å². The van der Waals surface area contributed by atoms with Crippen LogP contribution in [-0.2, 0) is 4.79 Å². The Labute approximate surface area is 161 Å². The third-order valence-electron chi connectivity index (χ3n) is 4.34. The van der Waals surface area contributed by atoms with Crippen molar-refractivity contribution in [3.05, 3.63) is 40.4 Å². The van der Waals surface area contributed by atoms with Gasteiger partial charge in [-0.3, -0.25) is 19.3 Å². The molecule has 27 heavy (non-hydrogen) atoms. The van der Waals surface area contributed by atoms with Gasteiger partial charge in [0, 0.05) is 18.9 Å². The summed E-state index contributed by atoms with van der Waals surface area (Å²) in [6.07, 6.45) is 2.49. The van der Waals surface area contributed by atoms with Crippen molar-refractivity contribution in [3.8, 4) is 0 Å². The van der Waals surface area contributed by atoms with Gasteiger partial charge in [0.1, 0.15) is 5.01 Å². The summed E-state index contributed by atoms with van der Waals surface area (Å²) in [5.74, 6) is -0.270. The van der Waals surface area contributed by atoms with E-state index in [1.54, 1.807) is 24.3 Å². The van der Waals surface area contributed by atoms with Crippen molar-refractivity contribution in [2.24, 2.45) is 0 Å². The van der Waals surface area contributed by atoms with Crippen molar-refractivity contribution in [1.82, 2.24) is 15.1 Å². The highest BCUT2D eigenvalue weighted by Gasteiger charge is 2.34. The van der Waals surface area contributed by atoms with E-state index in [0.29, 0.717) is 42.1 Å². The lowest BCUT2D eigenvalue weighted by Gasteiger charge is -2.13. The van der Waals surface area contributed by atoms with E-state index in [2.05, 4.69) is 15.5 Å². The van der Waals surface area contributed by atoms with Crippen molar-refractivity contribution in [2.45, 2.75) is 45.4 Å². The van der Waals surface area contributed by atoms with Crippen LogP contribution in [-0.4, -0.2) is 39.4 Å². The fourth-order valence-corrected chi connectivity index (χ4v) is 3.64. The molecule has 0 aliphatic carbocycles. The number of unbranched alkanes of at least 4 members (excludes halogenated alkanes) is 2. The van der Waals surface area contributed by atoms with Crippen LogP contribution in [0.1, 0.15) is 71.2 Å². The first kappa shape index (κ1) is 19.2. The average molecular weight is 386 g/mol. The molecule has 0 bridgehead atoms. The number of benzene rings is 1. The zero-order chi connectivity index (χ0) is 19.4. The Morgan fingerprint density at radius 1 is 1.07 bits per heavy atom. The molecular weight excluding hydrogens is 364 g/mol. The van der Waals surface area contributed by atoms with E-state index in [1.807, 2.05) is 13.8 Å². The van der Waals surface area contributed by atoms with Crippen molar-refractivity contribution in [2.75, 3.05) is 11.9 Å². The zero-order valence-corrected chi connectivity index (χ0v) is 16.2. The van der Waals surface area contributed by atoms with Crippen LogP contribution in [0, 0.1) is 0 Å². The standard InChI is InChI=1S/C19H22N4O3S/c1-12(2)16-21-22-19(27-16)20-15(24)10-4-3-7-11-23-17(25)13-8-5-6-9-14(13)18(23)26/h5-6,8-9,12H,3-4,7,10-11H2,1-2H3,(H,20,22,24). The summed E-state index contributed by atoms with van der Waals surface area (Å²) in [5.41, 5.74) is 0.944. The average Bonchev–Trinajstić information content (AvgIpc) is 3.20. The summed E-state index contributed by atoms with van der Waals surface area (Å²) >= 11 is 1.39. The normalized spacial score (nSPS) is 13.4. The predicted molar refractivity (Wildman–Crippen MR) is 103 cm³/mol. The van der Waals surface area contributed by atoms with Gasteiger partial charge in [-0.05, 0) is 25.0 Å². The highest BCUT2D eigenvalue weighted by molar-refractivity contribution is 7.15. The molecule has 0 atom stereocenters. The van der Waals surface area contributed by atoms with Gasteiger partial charge >= 0.3 is 0 Å². The van der Waals surface area contributed by atoms with Crippen LogP contribution in [0.4, 0.5) is 5.13 Å². The molecule has 3 rings (SSSR count). The van der Waals surface area contributed by atoms with Crippen LogP contribution >= 0.6 is 11.3 Å². The second-order valence-electron chi connectivity index (χ2n) is 6.77. The number of nitrogens with one attached hydrogen (secondary N) is 1. The number of aromatic nitrogens is 2. The van der Waals surface area contributed by atoms with Gasteiger partial charge in [0.15, 0.2) is 0 Å². The van der Waals surface area contributed by atoms with Crippen molar-refractivity contribution in [3.63, 3.8) is 0 Å². The first-order valence-corrected chi connectivity index (χ1v) is 9.87. The molecule has 3 amide bonds. The fourth-order valence-electron chi connectivity index (χ4n) is 2.87. The zero-order valence-electron chi connectivity index (χ0n) is 15.4. The Hall–Kier alpha value is -2.61. The third kappa shape index (κ3) is 4.39. The number of carbonyl (C=O) groups is 3. The molecule has 0 spiro atoms. The molecular formula is C19H22N4O3S. The van der Waals surface area contributed by atoms with E-state index in [-0.39, 0.29) is 23.6 Å². The molecule has 0 saturated heterocycles. The number of hydrogen-bond donors (Lipinski definition) is 1. The molecule has 0 radical (unpaired) electrons. The molecule has 1 aromatic carbocycles. The van der Waals surface area contributed by atoms with E-state index in [0.717, 1.165) is 11.4 Å². The molecule has 1 N–H and O–H groups in total. The van der Waals surface area contributed by atoms with Crippen molar-refractivity contribution in [1.29, 1.82) is 0 Å². The number of carbonyl (C=O) groups excluding carboxylic acids is 3. The molecule has 1 aliphatic rings. The molecule has 7 nitrogen and oxygen atoms in total. The largest absolute Gasteiger partial charge is 0.301 e. The Balaban J connectivity index is 1.38. The Morgan fingerprint density at radius 3 is 2.33 bits per heavy atom. The lowest BCUT2D eigenvalue weighted by Crippen LogP contribution is -2.30. The molecule has 1 aromatic heterocycles. The van der Waals surface area contributed by atoms with Gasteiger partial charge in [-0.25, -0.2) is 0 Å². The number of anilines is 1. The molecule has 1 aliphatic heterocycles. The maximum Gasteiger partial charge on any atom is 0.261 e. The fraction of sp³-hybridized carbons (Fsp3) is 0.421. The lowest BCUT2D eigenvalue weighted by atomic mass is 10.1. The topological polar surface area (TPSA) is 92.3 Å². The number of rotatable bonds is 8. The number of fused-ring (bicyclic) bond motifs is 1. The van der Waals surface area contributed by atoms with Gasteiger partial charge in [-0.2, -0.15) is 0 Å². The predicted octanol–water partition coefficient (Wildman–Crippen LogP) is 3.46. The SMILES string of the molecule is CC(C)c1nnc(NC(=O)CCCCCN2C(=O)c3ccccc3C2=O)s1. The number of nitrogens with zero attached hydrogens (tertiary/aromatic N) is 3. The quantitative estimate of drug-likeness (QED) is 0.554. The summed E-state index contributed by atoms with van der Waals surface area (Å²) in [6.45, 7) is 4.43. The summed E-state index contributed by atoms with van der Waals surface area (Å²) in [5, 5.41) is 12.2. The van der Waals surface area contributed by atoms with Crippen LogP contribution in [0.25, 0.3) is 0 Å². The number of amides is 3. The van der Waals surface area contributed by atoms with Gasteiger partial charge < -0.3 is 5.32 Å². The first-order chi connectivity index (χ1) is 13.0. The summed E-state index contributed by atoms with van der Waals surface area (Å²) in [6, 6.07) is 6.87. The van der Waals surface area contributed by atoms with Gasteiger partial charge in [0.2, 0.25) is 11.0 Å². The Bertz CT molecular complexity index is 827. The van der Waals surface area contributed by atoms with Crippen LogP contribution < -0.4 is 5.32 Å². The summed E-state index contributed by atoms with van der Waals surface area (Å²) in [4.78, 5) is 37.8. The van der Waals surface area contributed by atoms with Crippen LogP contribution in [0.5, 0.6) is 0 Å². The molecule has 8 heteroatoms. The minimum absolute atomic E-state index is 0.0952. The minimum atomic E-state index is -0.231. The molecule has 0 unspecified atom stereocenters. The van der Waals surface area contributed by atoms with Crippen LogP contribution in [0.2, 0.25) is 0 Å². The van der Waals surface area contributed by atoms with E-state index in [4.69, 9.17) is 0 Å². The molecule has 0 fully saturated rings. The number of imide groups is 1. The first-order valence-electron chi connectivity index (χ1n) is 9.06. The smallest absolute Gasteiger partial charge is 0.261 e. The monoisotopic (exact) mass is 386 g/mol. The van der Waals surface area contributed by atoms with E-state index in [1.165, 1.54) is 16.2 Å². The second kappa shape index (κ2) is 8.39.